The third-order valence-corrected chi connectivity index (χ3v) is 5.24. The Morgan fingerprint density at radius 1 is 1.17 bits per heavy atom. The second kappa shape index (κ2) is 12.6. The van der Waals surface area contributed by atoms with Crippen LogP contribution in [0, 0.1) is 0 Å². The van der Waals surface area contributed by atoms with Crippen LogP contribution in [0.5, 0.6) is 0 Å². The second-order valence-corrected chi connectivity index (χ2v) is 8.36. The van der Waals surface area contributed by atoms with Gasteiger partial charge in [0, 0.05) is 31.5 Å². The molecule has 0 saturated carbocycles. The lowest BCUT2D eigenvalue weighted by Gasteiger charge is -2.09. The number of nitrogens with two attached hydrogens (primary N) is 1. The molecule has 4 rings (SSSR count). The number of nitrogens with one attached hydrogen (secondary N) is 2. The van der Waals surface area contributed by atoms with E-state index >= 15 is 0 Å². The van der Waals surface area contributed by atoms with Crippen molar-refractivity contribution in [1.29, 1.82) is 0 Å². The van der Waals surface area contributed by atoms with E-state index in [9.17, 15) is 4.79 Å². The number of aliphatic hydroxyl groups is 1. The summed E-state index contributed by atoms with van der Waals surface area (Å²) >= 11 is 6.14. The van der Waals surface area contributed by atoms with Crippen LogP contribution in [0.1, 0.15) is 41.6 Å². The first kappa shape index (κ1) is 26.6. The number of rotatable bonds is 7. The zero-order valence-electron chi connectivity index (χ0n) is 20.2. The fourth-order valence-corrected chi connectivity index (χ4v) is 3.28. The highest BCUT2D eigenvalue weighted by molar-refractivity contribution is 6.34. The second-order valence-electron chi connectivity index (χ2n) is 7.95. The number of nitrogens with zero attached hydrogens (tertiary/aromatic N) is 4. The number of nitrogen functional groups attached to an aromatic ring is 1. The molecule has 0 unspecified atom stereocenters. The molecule has 0 aliphatic carbocycles. The standard InChI is InChI=1S/C17H18ClN7O2.C8H10O/c1-8(2)15-24-25-16(27-15)11-7-21-17(23-13(11)19)22-9-4-5-10(12(18)6-9)14(26)20-3;9-7-6-8-4-2-1-3-5-8/h4-8H,1-3H3,(H,20,26)(H3,19,21,22,23);1-5,9H,6-7H2. The largest absolute Gasteiger partial charge is 0.420 e. The average molecular weight is 510 g/mol. The summed E-state index contributed by atoms with van der Waals surface area (Å²) in [5, 5.41) is 22.3. The Morgan fingerprint density at radius 2 is 1.92 bits per heavy atom. The highest BCUT2D eigenvalue weighted by Gasteiger charge is 2.16. The van der Waals surface area contributed by atoms with Crippen LogP contribution in [0.2, 0.25) is 5.02 Å². The highest BCUT2D eigenvalue weighted by Crippen LogP contribution is 2.27. The van der Waals surface area contributed by atoms with Crippen molar-refractivity contribution >= 4 is 35.0 Å². The molecule has 2 aromatic heterocycles. The molecule has 0 aliphatic heterocycles. The molecule has 11 heteroatoms. The van der Waals surface area contributed by atoms with Gasteiger partial charge in [-0.1, -0.05) is 55.8 Å². The number of benzene rings is 2. The third-order valence-electron chi connectivity index (χ3n) is 4.92. The van der Waals surface area contributed by atoms with E-state index in [1.807, 2.05) is 44.2 Å². The van der Waals surface area contributed by atoms with Crippen molar-refractivity contribution in [2.24, 2.45) is 0 Å². The van der Waals surface area contributed by atoms with Gasteiger partial charge in [-0.15, -0.1) is 10.2 Å². The molecular formula is C25H28ClN7O3. The number of hydrogen-bond donors (Lipinski definition) is 4. The number of carbonyl (C=O) groups is 1. The summed E-state index contributed by atoms with van der Waals surface area (Å²) in [6.07, 6.45) is 2.27. The molecule has 0 spiro atoms. The molecule has 2 aromatic carbocycles. The normalized spacial score (nSPS) is 10.5. The first-order valence-corrected chi connectivity index (χ1v) is 11.6. The number of anilines is 3. The maximum atomic E-state index is 11.7. The maximum Gasteiger partial charge on any atom is 0.253 e. The highest BCUT2D eigenvalue weighted by atomic mass is 35.5. The van der Waals surface area contributed by atoms with E-state index in [0.29, 0.717) is 27.7 Å². The van der Waals surface area contributed by atoms with Crippen LogP contribution >= 0.6 is 11.6 Å². The van der Waals surface area contributed by atoms with Crippen molar-refractivity contribution in [2.75, 3.05) is 24.7 Å². The molecule has 5 N–H and O–H groups in total. The molecule has 0 atom stereocenters. The Labute approximate surface area is 214 Å². The number of aliphatic hydroxyl groups excluding tert-OH is 1. The Kier molecular flexibility index (Phi) is 9.32. The number of halogens is 1. The summed E-state index contributed by atoms with van der Waals surface area (Å²) in [4.78, 5) is 20.1. The quantitative estimate of drug-likeness (QED) is 0.287. The van der Waals surface area contributed by atoms with Crippen LogP contribution in [0.3, 0.4) is 0 Å². The fourth-order valence-electron chi connectivity index (χ4n) is 3.01. The van der Waals surface area contributed by atoms with Gasteiger partial charge in [0.2, 0.25) is 11.8 Å². The van der Waals surface area contributed by atoms with E-state index in [1.54, 1.807) is 18.2 Å². The van der Waals surface area contributed by atoms with Crippen molar-refractivity contribution in [3.05, 3.63) is 76.8 Å². The van der Waals surface area contributed by atoms with Gasteiger partial charge in [-0.05, 0) is 30.2 Å². The Balaban J connectivity index is 0.000000338. The van der Waals surface area contributed by atoms with E-state index in [1.165, 1.54) is 18.8 Å². The smallest absolute Gasteiger partial charge is 0.253 e. The predicted molar refractivity (Wildman–Crippen MR) is 139 cm³/mol. The first-order valence-electron chi connectivity index (χ1n) is 11.2. The monoisotopic (exact) mass is 509 g/mol. The van der Waals surface area contributed by atoms with Crippen molar-refractivity contribution < 1.29 is 14.3 Å². The van der Waals surface area contributed by atoms with Gasteiger partial charge in [0.05, 0.1) is 16.1 Å². The summed E-state index contributed by atoms with van der Waals surface area (Å²) < 4.78 is 5.57. The number of hydrogen-bond acceptors (Lipinski definition) is 9. The lowest BCUT2D eigenvalue weighted by Crippen LogP contribution is -2.18. The zero-order chi connectivity index (χ0) is 26.1. The predicted octanol–water partition coefficient (Wildman–Crippen LogP) is 4.21. The molecule has 36 heavy (non-hydrogen) atoms. The van der Waals surface area contributed by atoms with E-state index in [-0.39, 0.29) is 36.1 Å². The van der Waals surface area contributed by atoms with Crippen LogP contribution in [0.15, 0.2) is 59.1 Å². The van der Waals surface area contributed by atoms with Gasteiger partial charge in [0.25, 0.3) is 11.8 Å². The number of carbonyl (C=O) groups excluding carboxylic acids is 1. The molecule has 0 bridgehead atoms. The van der Waals surface area contributed by atoms with E-state index in [0.717, 1.165) is 6.42 Å². The summed E-state index contributed by atoms with van der Waals surface area (Å²) in [5.74, 6) is 1.08. The van der Waals surface area contributed by atoms with Gasteiger partial charge in [-0.2, -0.15) is 4.98 Å². The lowest BCUT2D eigenvalue weighted by molar-refractivity contribution is 0.0963. The van der Waals surface area contributed by atoms with Gasteiger partial charge in [0.1, 0.15) is 5.82 Å². The SMILES string of the molecule is CNC(=O)c1ccc(Nc2ncc(-c3nnc(C(C)C)o3)c(N)n2)cc1Cl.OCCc1ccccc1. The van der Waals surface area contributed by atoms with Gasteiger partial charge < -0.3 is 25.9 Å². The minimum Gasteiger partial charge on any atom is -0.420 e. The lowest BCUT2D eigenvalue weighted by atomic mass is 10.2. The van der Waals surface area contributed by atoms with Crippen molar-refractivity contribution in [3.8, 4) is 11.5 Å². The van der Waals surface area contributed by atoms with E-state index < -0.39 is 0 Å². The van der Waals surface area contributed by atoms with Crippen molar-refractivity contribution in [1.82, 2.24) is 25.5 Å². The molecule has 10 nitrogen and oxygen atoms in total. The zero-order valence-corrected chi connectivity index (χ0v) is 21.0. The van der Waals surface area contributed by atoms with Crippen LogP contribution in [0.4, 0.5) is 17.5 Å². The Morgan fingerprint density at radius 3 is 2.50 bits per heavy atom. The molecule has 0 fully saturated rings. The summed E-state index contributed by atoms with van der Waals surface area (Å²) in [6, 6.07) is 14.8. The number of amides is 1. The minimum atomic E-state index is -0.267. The summed E-state index contributed by atoms with van der Waals surface area (Å²) in [7, 11) is 1.54. The van der Waals surface area contributed by atoms with Gasteiger partial charge in [0.15, 0.2) is 0 Å². The maximum absolute atomic E-state index is 11.7. The average Bonchev–Trinajstić information content (AvgIpc) is 3.36. The third kappa shape index (κ3) is 7.00. The van der Waals surface area contributed by atoms with Gasteiger partial charge >= 0.3 is 0 Å². The molecule has 0 aliphatic rings. The molecule has 2 heterocycles. The molecular weight excluding hydrogens is 482 g/mol. The molecule has 188 valence electrons. The molecule has 1 amide bonds. The van der Waals surface area contributed by atoms with E-state index in [4.69, 9.17) is 26.9 Å². The van der Waals surface area contributed by atoms with Gasteiger partial charge in [-0.25, -0.2) is 4.98 Å². The molecule has 0 radical (unpaired) electrons. The topological polar surface area (TPSA) is 152 Å². The Bertz CT molecular complexity index is 1300. The minimum absolute atomic E-state index is 0.108. The summed E-state index contributed by atoms with van der Waals surface area (Å²) in [6.45, 7) is 4.14. The van der Waals surface area contributed by atoms with Crippen molar-refractivity contribution in [2.45, 2.75) is 26.2 Å². The van der Waals surface area contributed by atoms with Crippen molar-refractivity contribution in [3.63, 3.8) is 0 Å². The molecule has 0 saturated heterocycles. The van der Waals surface area contributed by atoms with Crippen LogP contribution in [-0.2, 0) is 6.42 Å². The van der Waals surface area contributed by atoms with Gasteiger partial charge in [-0.3, -0.25) is 4.79 Å². The van der Waals surface area contributed by atoms with E-state index in [2.05, 4.69) is 30.8 Å². The Hall–Kier alpha value is -4.02. The fraction of sp³-hybridized carbons (Fsp3) is 0.240. The summed E-state index contributed by atoms with van der Waals surface area (Å²) in [5.41, 5.74) is 8.64. The first-order chi connectivity index (χ1) is 17.3. The van der Waals surface area contributed by atoms with Crippen LogP contribution in [0.25, 0.3) is 11.5 Å². The van der Waals surface area contributed by atoms with Crippen LogP contribution < -0.4 is 16.4 Å². The molecule has 4 aromatic rings. The van der Waals surface area contributed by atoms with Crippen LogP contribution in [-0.4, -0.2) is 44.8 Å². The number of aromatic nitrogens is 4.